The van der Waals surface area contributed by atoms with E-state index in [1.807, 2.05) is 0 Å². The van der Waals surface area contributed by atoms with E-state index in [1.54, 1.807) is 48.3 Å². The maximum Gasteiger partial charge on any atom is 0.253 e. The van der Waals surface area contributed by atoms with E-state index < -0.39 is 0 Å². The molecule has 6 heteroatoms. The summed E-state index contributed by atoms with van der Waals surface area (Å²) < 4.78 is 0.758. The molecule has 0 heterocycles. The Bertz CT molecular complexity index is 671. The standard InChI is InChI=1S/C15H13BrCl2N2O/c1-20(8-10-6-13(19)2-3-14(10)18)15(21)9-4-11(16)7-12(17)5-9/h2-7H,8,19H2,1H3. The van der Waals surface area contributed by atoms with Gasteiger partial charge in [-0.25, -0.2) is 0 Å². The lowest BCUT2D eigenvalue weighted by atomic mass is 10.1. The zero-order chi connectivity index (χ0) is 15.6. The van der Waals surface area contributed by atoms with Gasteiger partial charge in [-0.3, -0.25) is 4.79 Å². The minimum Gasteiger partial charge on any atom is -0.399 e. The van der Waals surface area contributed by atoms with E-state index >= 15 is 0 Å². The van der Waals surface area contributed by atoms with Gasteiger partial charge < -0.3 is 10.6 Å². The van der Waals surface area contributed by atoms with Crippen molar-refractivity contribution in [2.75, 3.05) is 12.8 Å². The normalized spacial score (nSPS) is 10.5. The Morgan fingerprint density at radius 2 is 1.95 bits per heavy atom. The molecule has 0 aliphatic heterocycles. The van der Waals surface area contributed by atoms with Gasteiger partial charge in [0.25, 0.3) is 5.91 Å². The van der Waals surface area contributed by atoms with Crippen LogP contribution < -0.4 is 5.73 Å². The number of benzene rings is 2. The molecule has 0 fully saturated rings. The summed E-state index contributed by atoms with van der Waals surface area (Å²) in [5, 5.41) is 1.08. The highest BCUT2D eigenvalue weighted by molar-refractivity contribution is 9.10. The van der Waals surface area contributed by atoms with Crippen molar-refractivity contribution in [2.24, 2.45) is 0 Å². The first-order valence-corrected chi connectivity index (χ1v) is 7.67. The van der Waals surface area contributed by atoms with Crippen LogP contribution in [0.15, 0.2) is 40.9 Å². The van der Waals surface area contributed by atoms with Crippen molar-refractivity contribution in [1.82, 2.24) is 4.90 Å². The molecule has 21 heavy (non-hydrogen) atoms. The zero-order valence-corrected chi connectivity index (χ0v) is 14.3. The summed E-state index contributed by atoms with van der Waals surface area (Å²) in [4.78, 5) is 14.0. The molecule has 1 amide bonds. The molecule has 110 valence electrons. The van der Waals surface area contributed by atoms with Crippen molar-refractivity contribution in [3.05, 3.63) is 62.0 Å². The molecule has 2 rings (SSSR count). The van der Waals surface area contributed by atoms with E-state index in [0.717, 1.165) is 10.0 Å². The first kappa shape index (κ1) is 16.1. The number of nitrogens with zero attached hydrogens (tertiary/aromatic N) is 1. The van der Waals surface area contributed by atoms with Crippen LogP contribution in [0, 0.1) is 0 Å². The first-order chi connectivity index (χ1) is 9.86. The fraction of sp³-hybridized carbons (Fsp3) is 0.133. The number of amides is 1. The fourth-order valence-electron chi connectivity index (χ4n) is 1.94. The molecule has 0 bridgehead atoms. The molecule has 0 unspecified atom stereocenters. The monoisotopic (exact) mass is 386 g/mol. The molecule has 0 atom stereocenters. The predicted molar refractivity (Wildman–Crippen MR) is 90.8 cm³/mol. The van der Waals surface area contributed by atoms with Crippen molar-refractivity contribution >= 4 is 50.7 Å². The number of rotatable bonds is 3. The van der Waals surface area contributed by atoms with Crippen LogP contribution in [0.3, 0.4) is 0 Å². The van der Waals surface area contributed by atoms with E-state index in [2.05, 4.69) is 15.9 Å². The fourth-order valence-corrected chi connectivity index (χ4v) is 2.98. The predicted octanol–water partition coefficient (Wildman–Crippen LogP) is 4.61. The molecule has 0 aliphatic carbocycles. The summed E-state index contributed by atoms with van der Waals surface area (Å²) in [6.07, 6.45) is 0. The molecule has 2 N–H and O–H groups in total. The van der Waals surface area contributed by atoms with E-state index in [0.29, 0.717) is 27.8 Å². The first-order valence-electron chi connectivity index (χ1n) is 6.12. The van der Waals surface area contributed by atoms with Gasteiger partial charge in [-0.2, -0.15) is 0 Å². The quantitative estimate of drug-likeness (QED) is 0.781. The van der Waals surface area contributed by atoms with Crippen molar-refractivity contribution in [3.63, 3.8) is 0 Å². The van der Waals surface area contributed by atoms with Gasteiger partial charge in [-0.15, -0.1) is 0 Å². The average Bonchev–Trinajstić information content (AvgIpc) is 2.41. The second-order valence-corrected chi connectivity index (χ2v) is 6.43. The molecular formula is C15H13BrCl2N2O. The molecule has 0 aliphatic rings. The largest absolute Gasteiger partial charge is 0.399 e. The summed E-state index contributed by atoms with van der Waals surface area (Å²) in [7, 11) is 1.71. The van der Waals surface area contributed by atoms with Crippen LogP contribution >= 0.6 is 39.1 Å². The molecule has 0 saturated heterocycles. The van der Waals surface area contributed by atoms with Crippen molar-refractivity contribution < 1.29 is 4.79 Å². The smallest absolute Gasteiger partial charge is 0.253 e. The van der Waals surface area contributed by atoms with Gasteiger partial charge in [0.05, 0.1) is 0 Å². The Morgan fingerprint density at radius 3 is 2.62 bits per heavy atom. The second kappa shape index (κ2) is 6.69. The van der Waals surface area contributed by atoms with Gasteiger partial charge in [0.1, 0.15) is 0 Å². The average molecular weight is 388 g/mol. The third kappa shape index (κ3) is 4.13. The van der Waals surface area contributed by atoms with E-state index in [1.165, 1.54) is 0 Å². The Balaban J connectivity index is 2.21. The van der Waals surface area contributed by atoms with Crippen LogP contribution in [-0.2, 0) is 6.54 Å². The molecule has 2 aromatic carbocycles. The van der Waals surface area contributed by atoms with Crippen LogP contribution in [0.4, 0.5) is 5.69 Å². The minimum atomic E-state index is -0.142. The summed E-state index contributed by atoms with van der Waals surface area (Å²) >= 11 is 15.4. The van der Waals surface area contributed by atoms with Gasteiger partial charge in [0.15, 0.2) is 0 Å². The molecule has 0 radical (unpaired) electrons. The summed E-state index contributed by atoms with van der Waals surface area (Å²) in [6.45, 7) is 0.368. The van der Waals surface area contributed by atoms with Crippen LogP contribution in [0.5, 0.6) is 0 Å². The highest BCUT2D eigenvalue weighted by atomic mass is 79.9. The Hall–Kier alpha value is -1.23. The lowest BCUT2D eigenvalue weighted by molar-refractivity contribution is 0.0785. The maximum atomic E-state index is 12.4. The van der Waals surface area contributed by atoms with Gasteiger partial charge in [-0.05, 0) is 42.0 Å². The van der Waals surface area contributed by atoms with E-state index in [4.69, 9.17) is 28.9 Å². The number of carbonyl (C=O) groups excluding carboxylic acids is 1. The van der Waals surface area contributed by atoms with Crippen LogP contribution in [0.1, 0.15) is 15.9 Å². The van der Waals surface area contributed by atoms with Gasteiger partial charge in [0.2, 0.25) is 0 Å². The third-order valence-electron chi connectivity index (χ3n) is 2.93. The van der Waals surface area contributed by atoms with E-state index in [-0.39, 0.29) is 5.91 Å². The number of hydrogen-bond acceptors (Lipinski definition) is 2. The van der Waals surface area contributed by atoms with Crippen LogP contribution in [0.25, 0.3) is 0 Å². The third-order valence-corrected chi connectivity index (χ3v) is 3.98. The van der Waals surface area contributed by atoms with Crippen molar-refractivity contribution in [2.45, 2.75) is 6.54 Å². The number of nitrogen functional groups attached to an aromatic ring is 1. The summed E-state index contributed by atoms with van der Waals surface area (Å²) in [6, 6.07) is 10.3. The van der Waals surface area contributed by atoms with Gasteiger partial charge >= 0.3 is 0 Å². The molecule has 2 aromatic rings. The Kier molecular flexibility index (Phi) is 5.14. The van der Waals surface area contributed by atoms with Crippen LogP contribution in [0.2, 0.25) is 10.0 Å². The van der Waals surface area contributed by atoms with Gasteiger partial charge in [-0.1, -0.05) is 39.1 Å². The summed E-state index contributed by atoms with van der Waals surface area (Å²) in [5.41, 5.74) is 7.67. The maximum absolute atomic E-state index is 12.4. The number of anilines is 1. The van der Waals surface area contributed by atoms with Crippen molar-refractivity contribution in [3.8, 4) is 0 Å². The number of hydrogen-bond donors (Lipinski definition) is 1. The van der Waals surface area contributed by atoms with Gasteiger partial charge in [0, 0.05) is 39.4 Å². The molecular weight excluding hydrogens is 375 g/mol. The lowest BCUT2D eigenvalue weighted by Crippen LogP contribution is -2.26. The highest BCUT2D eigenvalue weighted by Gasteiger charge is 2.14. The number of nitrogens with two attached hydrogens (primary N) is 1. The molecule has 0 saturated carbocycles. The molecule has 0 aromatic heterocycles. The summed E-state index contributed by atoms with van der Waals surface area (Å²) in [5.74, 6) is -0.142. The highest BCUT2D eigenvalue weighted by Crippen LogP contribution is 2.23. The van der Waals surface area contributed by atoms with E-state index in [9.17, 15) is 4.79 Å². The van der Waals surface area contributed by atoms with Crippen LogP contribution in [-0.4, -0.2) is 17.9 Å². The minimum absolute atomic E-state index is 0.142. The SMILES string of the molecule is CN(Cc1cc(N)ccc1Cl)C(=O)c1cc(Cl)cc(Br)c1. The Labute approximate surface area is 141 Å². The number of halogens is 3. The Morgan fingerprint density at radius 1 is 1.24 bits per heavy atom. The zero-order valence-electron chi connectivity index (χ0n) is 11.2. The number of carbonyl (C=O) groups is 1. The van der Waals surface area contributed by atoms with Crippen molar-refractivity contribution in [1.29, 1.82) is 0 Å². The second-order valence-electron chi connectivity index (χ2n) is 4.67. The molecule has 0 spiro atoms. The molecule has 3 nitrogen and oxygen atoms in total. The topological polar surface area (TPSA) is 46.3 Å². The lowest BCUT2D eigenvalue weighted by Gasteiger charge is -2.18.